The van der Waals surface area contributed by atoms with Crippen molar-refractivity contribution in [3.05, 3.63) is 35.9 Å². The molecule has 1 unspecified atom stereocenters. The Morgan fingerprint density at radius 3 is 2.20 bits per heavy atom. The average molecular weight is 423 g/mol. The molecule has 0 saturated carbocycles. The number of ketones is 1. The van der Waals surface area contributed by atoms with Gasteiger partial charge in [-0.3, -0.25) is 19.2 Å². The van der Waals surface area contributed by atoms with E-state index in [1.54, 1.807) is 30.3 Å². The Labute approximate surface area is 174 Å². The molecule has 2 N–H and O–H groups in total. The fourth-order valence-corrected chi connectivity index (χ4v) is 3.33. The van der Waals surface area contributed by atoms with E-state index >= 15 is 0 Å². The zero-order valence-electron chi connectivity index (χ0n) is 17.0. The van der Waals surface area contributed by atoms with Gasteiger partial charge < -0.3 is 15.5 Å². The van der Waals surface area contributed by atoms with Crippen LogP contribution < -0.4 is 10.6 Å². The van der Waals surface area contributed by atoms with Crippen LogP contribution in [-0.4, -0.2) is 60.0 Å². The molecular weight excluding hydrogens is 396 g/mol. The SMILES string of the molecule is CC(=O)NC(Cc1ccccc1)C(=O)C(F)(F)C(=O)NCC(=O)N1CCCCCC1. The first-order chi connectivity index (χ1) is 14.2. The molecule has 0 bridgehead atoms. The van der Waals surface area contributed by atoms with Crippen LogP contribution in [0.15, 0.2) is 30.3 Å². The van der Waals surface area contributed by atoms with Crippen LogP contribution in [0.2, 0.25) is 0 Å². The summed E-state index contributed by atoms with van der Waals surface area (Å²) < 4.78 is 29.1. The van der Waals surface area contributed by atoms with E-state index in [0.717, 1.165) is 32.6 Å². The maximum absolute atomic E-state index is 14.5. The number of nitrogens with one attached hydrogen (secondary N) is 2. The molecule has 0 aromatic heterocycles. The van der Waals surface area contributed by atoms with Gasteiger partial charge in [-0.2, -0.15) is 8.78 Å². The molecule has 1 aromatic rings. The molecule has 0 spiro atoms. The number of carbonyl (C=O) groups is 4. The Kier molecular flexibility index (Phi) is 8.44. The molecule has 1 aromatic carbocycles. The lowest BCUT2D eigenvalue weighted by molar-refractivity contribution is -0.160. The molecule has 1 aliphatic heterocycles. The fourth-order valence-electron chi connectivity index (χ4n) is 3.33. The molecule has 0 aliphatic carbocycles. The zero-order valence-corrected chi connectivity index (χ0v) is 17.0. The number of rotatable bonds is 8. The average Bonchev–Trinajstić information content (AvgIpc) is 3.00. The number of amides is 3. The van der Waals surface area contributed by atoms with Gasteiger partial charge in [-0.05, 0) is 18.4 Å². The summed E-state index contributed by atoms with van der Waals surface area (Å²) in [5.41, 5.74) is 0.553. The highest BCUT2D eigenvalue weighted by Gasteiger charge is 2.50. The first kappa shape index (κ1) is 23.4. The van der Waals surface area contributed by atoms with Crippen molar-refractivity contribution in [1.82, 2.24) is 15.5 Å². The summed E-state index contributed by atoms with van der Waals surface area (Å²) >= 11 is 0. The second kappa shape index (κ2) is 10.8. The summed E-state index contributed by atoms with van der Waals surface area (Å²) in [4.78, 5) is 49.6. The van der Waals surface area contributed by atoms with E-state index in [-0.39, 0.29) is 6.42 Å². The smallest absolute Gasteiger partial charge is 0.346 e. The van der Waals surface area contributed by atoms with Crippen molar-refractivity contribution in [2.75, 3.05) is 19.6 Å². The van der Waals surface area contributed by atoms with E-state index in [0.29, 0.717) is 18.7 Å². The minimum Gasteiger partial charge on any atom is -0.346 e. The highest BCUT2D eigenvalue weighted by atomic mass is 19.3. The zero-order chi connectivity index (χ0) is 22.1. The van der Waals surface area contributed by atoms with E-state index in [1.165, 1.54) is 4.90 Å². The van der Waals surface area contributed by atoms with Gasteiger partial charge in [-0.15, -0.1) is 0 Å². The third-order valence-electron chi connectivity index (χ3n) is 4.93. The molecule has 1 fully saturated rings. The number of nitrogens with zero attached hydrogens (tertiary/aromatic N) is 1. The Morgan fingerprint density at radius 1 is 1.03 bits per heavy atom. The third-order valence-corrected chi connectivity index (χ3v) is 4.93. The maximum Gasteiger partial charge on any atom is 0.383 e. The van der Waals surface area contributed by atoms with Crippen LogP contribution >= 0.6 is 0 Å². The van der Waals surface area contributed by atoms with Gasteiger partial charge >= 0.3 is 5.92 Å². The Hall–Kier alpha value is -2.84. The number of likely N-dealkylation sites (tertiary alicyclic amines) is 1. The van der Waals surface area contributed by atoms with Crippen molar-refractivity contribution in [3.8, 4) is 0 Å². The molecule has 3 amide bonds. The first-order valence-electron chi connectivity index (χ1n) is 10.0. The Balaban J connectivity index is 2.01. The lowest BCUT2D eigenvalue weighted by Crippen LogP contribution is -2.56. The van der Waals surface area contributed by atoms with E-state index in [2.05, 4.69) is 5.32 Å². The van der Waals surface area contributed by atoms with Gasteiger partial charge in [0.2, 0.25) is 17.6 Å². The van der Waals surface area contributed by atoms with Crippen molar-refractivity contribution >= 4 is 23.5 Å². The minimum absolute atomic E-state index is 0.186. The van der Waals surface area contributed by atoms with Crippen molar-refractivity contribution < 1.29 is 28.0 Å². The molecule has 1 aliphatic rings. The second-order valence-corrected chi connectivity index (χ2v) is 7.36. The third kappa shape index (κ3) is 6.60. The highest BCUT2D eigenvalue weighted by Crippen LogP contribution is 2.19. The quantitative estimate of drug-likeness (QED) is 0.619. The monoisotopic (exact) mass is 423 g/mol. The molecule has 30 heavy (non-hydrogen) atoms. The molecular formula is C21H27F2N3O4. The first-order valence-corrected chi connectivity index (χ1v) is 10.0. The van der Waals surface area contributed by atoms with Gasteiger partial charge in [0.15, 0.2) is 0 Å². The summed E-state index contributed by atoms with van der Waals surface area (Å²) in [5.74, 6) is -9.09. The van der Waals surface area contributed by atoms with Crippen molar-refractivity contribution in [3.63, 3.8) is 0 Å². The highest BCUT2D eigenvalue weighted by molar-refractivity contribution is 6.11. The van der Waals surface area contributed by atoms with Crippen LogP contribution in [0.3, 0.4) is 0 Å². The van der Waals surface area contributed by atoms with Gasteiger partial charge in [0, 0.05) is 26.4 Å². The van der Waals surface area contributed by atoms with Crippen LogP contribution in [0.25, 0.3) is 0 Å². The van der Waals surface area contributed by atoms with Crippen molar-refractivity contribution in [2.24, 2.45) is 0 Å². The predicted molar refractivity (Wildman–Crippen MR) is 106 cm³/mol. The van der Waals surface area contributed by atoms with E-state index in [9.17, 15) is 28.0 Å². The molecule has 1 saturated heterocycles. The van der Waals surface area contributed by atoms with Crippen LogP contribution in [0.5, 0.6) is 0 Å². The number of alkyl halides is 2. The second-order valence-electron chi connectivity index (χ2n) is 7.36. The molecule has 1 atom stereocenters. The van der Waals surface area contributed by atoms with E-state index < -0.39 is 42.0 Å². The summed E-state index contributed by atoms with van der Waals surface area (Å²) in [5, 5.41) is 4.07. The molecule has 7 nitrogen and oxygen atoms in total. The Morgan fingerprint density at radius 2 is 1.63 bits per heavy atom. The molecule has 1 heterocycles. The topological polar surface area (TPSA) is 95.6 Å². The standard InChI is InChI=1S/C21H27F2N3O4/c1-15(27)25-17(13-16-9-5-4-6-10-16)19(29)21(22,23)20(30)24-14-18(28)26-11-7-2-3-8-12-26/h4-6,9-10,17H,2-3,7-8,11-14H2,1H3,(H,24,30)(H,25,27). The van der Waals surface area contributed by atoms with Gasteiger partial charge in [0.1, 0.15) is 0 Å². The van der Waals surface area contributed by atoms with Crippen molar-refractivity contribution in [2.45, 2.75) is 51.0 Å². The summed E-state index contributed by atoms with van der Waals surface area (Å²) in [6.45, 7) is 1.53. The number of hydrogen-bond donors (Lipinski definition) is 2. The summed E-state index contributed by atoms with van der Waals surface area (Å²) in [7, 11) is 0. The number of carbonyl (C=O) groups excluding carboxylic acids is 4. The number of benzene rings is 1. The lowest BCUT2D eigenvalue weighted by Gasteiger charge is -2.23. The predicted octanol–water partition coefficient (Wildman–Crippen LogP) is 1.46. The van der Waals surface area contributed by atoms with Gasteiger partial charge in [0.05, 0.1) is 12.6 Å². The van der Waals surface area contributed by atoms with Crippen LogP contribution in [0.4, 0.5) is 8.78 Å². The molecule has 2 rings (SSSR count). The lowest BCUT2D eigenvalue weighted by atomic mass is 9.98. The van der Waals surface area contributed by atoms with Crippen LogP contribution in [0, 0.1) is 0 Å². The maximum atomic E-state index is 14.5. The van der Waals surface area contributed by atoms with Crippen LogP contribution in [-0.2, 0) is 25.6 Å². The number of Topliss-reactive ketones (excluding diaryl/α,β-unsaturated/α-hetero) is 1. The van der Waals surface area contributed by atoms with Crippen LogP contribution in [0.1, 0.15) is 38.2 Å². The molecule has 9 heteroatoms. The summed E-state index contributed by atoms with van der Waals surface area (Å²) in [6.07, 6.45) is 3.45. The van der Waals surface area contributed by atoms with Gasteiger partial charge in [0.25, 0.3) is 5.91 Å². The van der Waals surface area contributed by atoms with E-state index in [4.69, 9.17) is 0 Å². The van der Waals surface area contributed by atoms with Gasteiger partial charge in [-0.1, -0.05) is 43.2 Å². The molecule has 0 radical (unpaired) electrons. The number of halogens is 2. The Bertz CT molecular complexity index is 763. The summed E-state index contributed by atoms with van der Waals surface area (Å²) in [6, 6.07) is 6.74. The van der Waals surface area contributed by atoms with E-state index in [1.807, 2.05) is 5.32 Å². The van der Waals surface area contributed by atoms with Gasteiger partial charge in [-0.25, -0.2) is 0 Å². The fraction of sp³-hybridized carbons (Fsp3) is 0.524. The van der Waals surface area contributed by atoms with Crippen molar-refractivity contribution in [1.29, 1.82) is 0 Å². The number of hydrogen-bond acceptors (Lipinski definition) is 4. The normalized spacial score (nSPS) is 15.6. The molecule has 164 valence electrons. The largest absolute Gasteiger partial charge is 0.383 e. The minimum atomic E-state index is -4.39.